The van der Waals surface area contributed by atoms with E-state index in [1.165, 1.54) is 0 Å². The number of carbonyl (C=O) groups excluding carboxylic acids is 4. The summed E-state index contributed by atoms with van der Waals surface area (Å²) in [5.41, 5.74) is 0.522. The topological polar surface area (TPSA) is 90.5 Å². The quantitative estimate of drug-likeness (QED) is 0.655. The highest BCUT2D eigenvalue weighted by Gasteiger charge is 2.52. The summed E-state index contributed by atoms with van der Waals surface area (Å²) in [6.45, 7) is 5.10. The monoisotopic (exact) mass is 468 g/mol. The molecule has 3 fully saturated rings. The van der Waals surface area contributed by atoms with E-state index in [0.717, 1.165) is 12.8 Å². The molecule has 1 aromatic carbocycles. The molecule has 0 saturated carbocycles. The smallest absolute Gasteiger partial charge is 0.257 e. The normalized spacial score (nSPS) is 26.7. The lowest BCUT2D eigenvalue weighted by atomic mass is 9.98. The zero-order valence-electron chi connectivity index (χ0n) is 19.7. The van der Waals surface area contributed by atoms with Crippen LogP contribution in [0.2, 0.25) is 0 Å². The molecule has 4 aliphatic heterocycles. The minimum absolute atomic E-state index is 0.0268. The van der Waals surface area contributed by atoms with Crippen LogP contribution in [0.1, 0.15) is 55.8 Å². The SMILES string of the molecule is CC12CCC(=O)N1c1ccccc1C(=O)N2CCCC(=O)N1CCN(C(=O)C2CCCO2)CC1. The van der Waals surface area contributed by atoms with Gasteiger partial charge in [0.1, 0.15) is 11.8 Å². The summed E-state index contributed by atoms with van der Waals surface area (Å²) in [5.74, 6) is 0.0210. The number of carbonyl (C=O) groups is 4. The van der Waals surface area contributed by atoms with Crippen molar-refractivity contribution < 1.29 is 23.9 Å². The van der Waals surface area contributed by atoms with Crippen molar-refractivity contribution in [1.82, 2.24) is 14.7 Å². The van der Waals surface area contributed by atoms with E-state index in [1.807, 2.05) is 25.1 Å². The molecule has 4 aliphatic rings. The van der Waals surface area contributed by atoms with Gasteiger partial charge in [0, 0.05) is 52.2 Å². The molecule has 0 bridgehead atoms. The van der Waals surface area contributed by atoms with E-state index in [2.05, 4.69) is 0 Å². The lowest BCUT2D eigenvalue weighted by molar-refractivity contribution is -0.146. The second-order valence-corrected chi connectivity index (χ2v) is 9.73. The van der Waals surface area contributed by atoms with Crippen LogP contribution in [-0.4, -0.2) is 89.4 Å². The predicted octanol–water partition coefficient (Wildman–Crippen LogP) is 1.62. The van der Waals surface area contributed by atoms with E-state index in [9.17, 15) is 19.2 Å². The first-order valence-electron chi connectivity index (χ1n) is 12.3. The number of rotatable bonds is 5. The Balaban J connectivity index is 1.17. The van der Waals surface area contributed by atoms with E-state index < -0.39 is 5.66 Å². The number of fused-ring (bicyclic) bond motifs is 3. The summed E-state index contributed by atoms with van der Waals surface area (Å²) in [5, 5.41) is 0. The molecule has 1 aromatic rings. The van der Waals surface area contributed by atoms with E-state index in [0.29, 0.717) is 76.3 Å². The first-order valence-corrected chi connectivity index (χ1v) is 12.3. The van der Waals surface area contributed by atoms with Crippen LogP contribution in [0, 0.1) is 0 Å². The molecule has 182 valence electrons. The minimum atomic E-state index is -0.695. The van der Waals surface area contributed by atoms with Crippen molar-refractivity contribution in [3.8, 4) is 0 Å². The number of amides is 4. The van der Waals surface area contributed by atoms with Gasteiger partial charge in [-0.1, -0.05) is 12.1 Å². The molecule has 0 radical (unpaired) electrons. The summed E-state index contributed by atoms with van der Waals surface area (Å²) in [6.07, 6.45) is 3.22. The summed E-state index contributed by atoms with van der Waals surface area (Å²) in [6, 6.07) is 7.25. The molecular formula is C25H32N4O5. The van der Waals surface area contributed by atoms with Gasteiger partial charge in [0.2, 0.25) is 11.8 Å². The third-order valence-corrected chi connectivity index (χ3v) is 7.67. The van der Waals surface area contributed by atoms with Crippen molar-refractivity contribution in [1.29, 1.82) is 0 Å². The third-order valence-electron chi connectivity index (χ3n) is 7.67. The van der Waals surface area contributed by atoms with Crippen LogP contribution >= 0.6 is 0 Å². The molecule has 0 aliphatic carbocycles. The number of benzene rings is 1. The van der Waals surface area contributed by atoms with Gasteiger partial charge in [0.25, 0.3) is 11.8 Å². The van der Waals surface area contributed by atoms with Gasteiger partial charge in [-0.15, -0.1) is 0 Å². The highest BCUT2D eigenvalue weighted by molar-refractivity contribution is 6.10. The van der Waals surface area contributed by atoms with Gasteiger partial charge in [-0.3, -0.25) is 24.1 Å². The maximum absolute atomic E-state index is 13.3. The van der Waals surface area contributed by atoms with Crippen LogP contribution in [0.5, 0.6) is 0 Å². The highest BCUT2D eigenvalue weighted by atomic mass is 16.5. The third kappa shape index (κ3) is 3.85. The summed E-state index contributed by atoms with van der Waals surface area (Å²) >= 11 is 0. The zero-order chi connectivity index (χ0) is 23.9. The Hall–Kier alpha value is -2.94. The number of nitrogens with zero attached hydrogens (tertiary/aromatic N) is 4. The minimum Gasteiger partial charge on any atom is -0.368 e. The molecule has 5 rings (SSSR count). The van der Waals surface area contributed by atoms with Crippen LogP contribution in [0.3, 0.4) is 0 Å². The molecule has 9 heteroatoms. The van der Waals surface area contributed by atoms with Crippen LogP contribution in [-0.2, 0) is 19.1 Å². The van der Waals surface area contributed by atoms with Gasteiger partial charge in [-0.05, 0) is 44.7 Å². The largest absolute Gasteiger partial charge is 0.368 e. The van der Waals surface area contributed by atoms with Crippen LogP contribution < -0.4 is 4.90 Å². The van der Waals surface area contributed by atoms with Crippen molar-refractivity contribution >= 4 is 29.3 Å². The first kappa shape index (κ1) is 22.8. The highest BCUT2D eigenvalue weighted by Crippen LogP contribution is 2.44. The number of hydrogen-bond acceptors (Lipinski definition) is 5. The maximum Gasteiger partial charge on any atom is 0.257 e. The molecule has 0 spiro atoms. The zero-order valence-corrected chi connectivity index (χ0v) is 19.7. The van der Waals surface area contributed by atoms with Crippen molar-refractivity contribution in [3.63, 3.8) is 0 Å². The molecule has 4 heterocycles. The summed E-state index contributed by atoms with van der Waals surface area (Å²) in [7, 11) is 0. The second kappa shape index (κ2) is 9.02. The van der Waals surface area contributed by atoms with E-state index in [1.54, 1.807) is 25.7 Å². The van der Waals surface area contributed by atoms with Crippen molar-refractivity contribution in [2.75, 3.05) is 44.2 Å². The molecule has 9 nitrogen and oxygen atoms in total. The Morgan fingerprint density at radius 3 is 2.56 bits per heavy atom. The Bertz CT molecular complexity index is 999. The van der Waals surface area contributed by atoms with Gasteiger partial charge in [-0.2, -0.15) is 0 Å². The Kier molecular flexibility index (Phi) is 6.06. The van der Waals surface area contributed by atoms with E-state index in [-0.39, 0.29) is 29.7 Å². The molecule has 2 unspecified atom stereocenters. The average Bonchev–Trinajstić information content (AvgIpc) is 3.49. The standard InChI is InChI=1S/C25H32N4O5/c1-25-11-10-22(31)29(25)19-7-3-2-6-18(19)23(32)28(25)12-4-9-21(30)26-13-15-27(16-14-26)24(33)20-8-5-17-34-20/h2-3,6-7,20H,4-5,8-17H2,1H3. The molecule has 2 atom stereocenters. The van der Waals surface area contributed by atoms with Crippen molar-refractivity contribution in [2.24, 2.45) is 0 Å². The van der Waals surface area contributed by atoms with Crippen molar-refractivity contribution in [2.45, 2.75) is 57.2 Å². The fourth-order valence-electron chi connectivity index (χ4n) is 5.74. The summed E-state index contributed by atoms with van der Waals surface area (Å²) in [4.78, 5) is 58.5. The average molecular weight is 469 g/mol. The number of para-hydroxylation sites is 1. The fourth-order valence-corrected chi connectivity index (χ4v) is 5.74. The van der Waals surface area contributed by atoms with Gasteiger partial charge in [-0.25, -0.2) is 0 Å². The van der Waals surface area contributed by atoms with Gasteiger partial charge < -0.3 is 19.4 Å². The van der Waals surface area contributed by atoms with E-state index in [4.69, 9.17) is 4.74 Å². The van der Waals surface area contributed by atoms with Crippen LogP contribution in [0.25, 0.3) is 0 Å². The Morgan fingerprint density at radius 2 is 1.82 bits per heavy atom. The van der Waals surface area contributed by atoms with E-state index >= 15 is 0 Å². The Morgan fingerprint density at radius 1 is 1.09 bits per heavy atom. The molecule has 34 heavy (non-hydrogen) atoms. The Labute approximate surface area is 199 Å². The second-order valence-electron chi connectivity index (χ2n) is 9.73. The number of piperazine rings is 1. The van der Waals surface area contributed by atoms with Crippen LogP contribution in [0.4, 0.5) is 5.69 Å². The van der Waals surface area contributed by atoms with Gasteiger partial charge in [0.05, 0.1) is 11.3 Å². The predicted molar refractivity (Wildman–Crippen MR) is 124 cm³/mol. The number of ether oxygens (including phenoxy) is 1. The van der Waals surface area contributed by atoms with Gasteiger partial charge >= 0.3 is 0 Å². The molecule has 0 aromatic heterocycles. The van der Waals surface area contributed by atoms with Crippen molar-refractivity contribution in [3.05, 3.63) is 29.8 Å². The molecular weight excluding hydrogens is 436 g/mol. The molecule has 0 N–H and O–H groups in total. The number of hydrogen-bond donors (Lipinski definition) is 0. The molecule has 4 amide bonds. The summed E-state index contributed by atoms with van der Waals surface area (Å²) < 4.78 is 5.50. The first-order chi connectivity index (χ1) is 16.4. The fraction of sp³-hybridized carbons (Fsp3) is 0.600. The number of anilines is 1. The lowest BCUT2D eigenvalue weighted by Crippen LogP contribution is -2.62. The van der Waals surface area contributed by atoms with Gasteiger partial charge in [0.15, 0.2) is 0 Å². The molecule has 3 saturated heterocycles. The van der Waals surface area contributed by atoms with Crippen LogP contribution in [0.15, 0.2) is 24.3 Å². The lowest BCUT2D eigenvalue weighted by Gasteiger charge is -2.48. The maximum atomic E-state index is 13.3.